The van der Waals surface area contributed by atoms with Crippen molar-refractivity contribution in [1.29, 1.82) is 0 Å². The standard InChI is InChI=1S/C38H40ClF5N4O7/c1-22(2)28(33(50)38(43,44)36(53)46-21-37(40,41)42)18-32(49)31-17-27(55-20-23-10-12-26(54-3)13-11-23)19-48(31)35(52)30(16-24-7-6-8-25(39)15-24)47-34(51)29-9-4-5-14-45-29/h4-15,22,27-28,30-31H,16-21H2,1-3H3,(H,46,53)(H,47,51)/t27-,28+,30+,31+/m1/s1. The number of alkyl halides is 5. The molecule has 2 heterocycles. The number of hydrogen-bond donors (Lipinski definition) is 2. The van der Waals surface area contributed by atoms with Crippen LogP contribution in [0.1, 0.15) is 48.3 Å². The van der Waals surface area contributed by atoms with Gasteiger partial charge in [0.1, 0.15) is 24.0 Å². The van der Waals surface area contributed by atoms with Crippen molar-refractivity contribution in [3.05, 3.63) is 94.8 Å². The second-order valence-electron chi connectivity index (χ2n) is 13.4. The Morgan fingerprint density at radius 3 is 2.27 bits per heavy atom. The number of ketones is 2. The van der Waals surface area contributed by atoms with Crippen molar-refractivity contribution >= 4 is 40.9 Å². The van der Waals surface area contributed by atoms with Crippen LogP contribution in [0.25, 0.3) is 0 Å². The second kappa shape index (κ2) is 18.6. The van der Waals surface area contributed by atoms with Crippen molar-refractivity contribution < 1.29 is 55.4 Å². The molecule has 11 nitrogen and oxygen atoms in total. The van der Waals surface area contributed by atoms with Gasteiger partial charge in [0.05, 0.1) is 25.9 Å². The van der Waals surface area contributed by atoms with Crippen LogP contribution in [0.3, 0.4) is 0 Å². The summed E-state index contributed by atoms with van der Waals surface area (Å²) in [5, 5.41) is 4.06. The van der Waals surface area contributed by atoms with Gasteiger partial charge in [-0.15, -0.1) is 0 Å². The molecule has 4 rings (SSSR count). The maximum atomic E-state index is 15.0. The molecule has 0 spiro atoms. The van der Waals surface area contributed by atoms with Crippen LogP contribution in [0, 0.1) is 11.8 Å². The highest BCUT2D eigenvalue weighted by Crippen LogP contribution is 2.32. The van der Waals surface area contributed by atoms with Gasteiger partial charge in [0, 0.05) is 42.9 Å². The van der Waals surface area contributed by atoms with Crippen LogP contribution in [0.2, 0.25) is 5.02 Å². The molecule has 2 aromatic carbocycles. The first kappa shape index (κ1) is 42.8. The highest BCUT2D eigenvalue weighted by Gasteiger charge is 2.52. The second-order valence-corrected chi connectivity index (χ2v) is 13.8. The lowest BCUT2D eigenvalue weighted by atomic mass is 9.82. The molecule has 1 aliphatic rings. The zero-order valence-corrected chi connectivity index (χ0v) is 30.8. The minimum absolute atomic E-state index is 0.000342. The highest BCUT2D eigenvalue weighted by molar-refractivity contribution is 6.30. The summed E-state index contributed by atoms with van der Waals surface area (Å²) in [6.07, 6.45) is -5.50. The van der Waals surface area contributed by atoms with E-state index in [0.717, 1.165) is 15.8 Å². The summed E-state index contributed by atoms with van der Waals surface area (Å²) in [4.78, 5) is 72.2. The zero-order valence-electron chi connectivity index (χ0n) is 30.1. The van der Waals surface area contributed by atoms with Crippen molar-refractivity contribution in [3.63, 3.8) is 0 Å². The van der Waals surface area contributed by atoms with Gasteiger partial charge in [0.25, 0.3) is 11.8 Å². The van der Waals surface area contributed by atoms with E-state index in [1.54, 1.807) is 60.7 Å². The maximum Gasteiger partial charge on any atom is 0.405 e. The number of aromatic nitrogens is 1. The molecule has 1 fully saturated rings. The van der Waals surface area contributed by atoms with E-state index in [1.165, 1.54) is 33.2 Å². The number of ether oxygens (including phenoxy) is 2. The fraction of sp³-hybridized carbons (Fsp3) is 0.421. The first-order valence-electron chi connectivity index (χ1n) is 17.2. The predicted molar refractivity (Wildman–Crippen MR) is 189 cm³/mol. The molecule has 3 amide bonds. The monoisotopic (exact) mass is 794 g/mol. The van der Waals surface area contributed by atoms with Gasteiger partial charge in [-0.3, -0.25) is 29.0 Å². The molecule has 3 aromatic rings. The van der Waals surface area contributed by atoms with Crippen molar-refractivity contribution in [2.24, 2.45) is 11.8 Å². The Morgan fingerprint density at radius 1 is 0.964 bits per heavy atom. The average Bonchev–Trinajstić information content (AvgIpc) is 3.58. The van der Waals surface area contributed by atoms with Gasteiger partial charge >= 0.3 is 12.1 Å². The molecule has 1 aliphatic heterocycles. The quantitative estimate of drug-likeness (QED) is 0.137. The average molecular weight is 795 g/mol. The van der Waals surface area contributed by atoms with Crippen LogP contribution in [0.4, 0.5) is 22.0 Å². The largest absolute Gasteiger partial charge is 0.497 e. The lowest BCUT2D eigenvalue weighted by Crippen LogP contribution is -2.54. The first-order valence-corrected chi connectivity index (χ1v) is 17.6. The predicted octanol–water partition coefficient (Wildman–Crippen LogP) is 5.39. The van der Waals surface area contributed by atoms with Crippen molar-refractivity contribution in [2.75, 3.05) is 20.2 Å². The fourth-order valence-electron chi connectivity index (χ4n) is 6.05. The van der Waals surface area contributed by atoms with Crippen LogP contribution in [-0.2, 0) is 36.9 Å². The Hall–Kier alpha value is -4.96. The lowest BCUT2D eigenvalue weighted by Gasteiger charge is -2.30. The van der Waals surface area contributed by atoms with Gasteiger partial charge in [-0.1, -0.05) is 55.8 Å². The minimum atomic E-state index is -5.02. The summed E-state index contributed by atoms with van der Waals surface area (Å²) in [5.41, 5.74) is 1.28. The lowest BCUT2D eigenvalue weighted by molar-refractivity contribution is -0.167. The van der Waals surface area contributed by atoms with E-state index in [2.05, 4.69) is 10.3 Å². The van der Waals surface area contributed by atoms with Crippen LogP contribution in [-0.4, -0.2) is 89.7 Å². The molecular formula is C38H40ClF5N4O7. The van der Waals surface area contributed by atoms with E-state index < -0.39 is 84.4 Å². The van der Waals surface area contributed by atoms with Crippen LogP contribution < -0.4 is 15.4 Å². The first-order chi connectivity index (χ1) is 25.9. The third-order valence-electron chi connectivity index (χ3n) is 9.00. The Labute approximate surface area is 318 Å². The third kappa shape index (κ3) is 11.8. The van der Waals surface area contributed by atoms with E-state index in [4.69, 9.17) is 21.1 Å². The molecule has 0 aliphatic carbocycles. The van der Waals surface area contributed by atoms with Crippen LogP contribution >= 0.6 is 11.6 Å². The van der Waals surface area contributed by atoms with E-state index in [-0.39, 0.29) is 31.7 Å². The van der Waals surface area contributed by atoms with Crippen LogP contribution in [0.5, 0.6) is 5.75 Å². The number of carbonyl (C=O) groups excluding carboxylic acids is 5. The summed E-state index contributed by atoms with van der Waals surface area (Å²) in [5.74, 6) is -13.9. The van der Waals surface area contributed by atoms with Gasteiger partial charge in [0.15, 0.2) is 5.78 Å². The molecule has 2 N–H and O–H groups in total. The van der Waals surface area contributed by atoms with Crippen molar-refractivity contribution in [3.8, 4) is 5.75 Å². The van der Waals surface area contributed by atoms with E-state index in [0.29, 0.717) is 16.3 Å². The number of likely N-dealkylation sites (tertiary alicyclic amines) is 1. The summed E-state index contributed by atoms with van der Waals surface area (Å²) in [7, 11) is 1.51. The molecule has 0 unspecified atom stereocenters. The smallest absolute Gasteiger partial charge is 0.405 e. The Morgan fingerprint density at radius 2 is 1.67 bits per heavy atom. The van der Waals surface area contributed by atoms with E-state index >= 15 is 8.78 Å². The molecule has 0 saturated carbocycles. The molecule has 1 aromatic heterocycles. The zero-order chi connectivity index (χ0) is 40.5. The minimum Gasteiger partial charge on any atom is -0.497 e. The Bertz CT molecular complexity index is 1830. The number of nitrogens with one attached hydrogen (secondary N) is 2. The maximum absolute atomic E-state index is 15.0. The van der Waals surface area contributed by atoms with E-state index in [1.807, 2.05) is 0 Å². The number of pyridine rings is 1. The topological polar surface area (TPSA) is 144 Å². The van der Waals surface area contributed by atoms with E-state index in [9.17, 15) is 37.1 Å². The molecule has 1 saturated heterocycles. The van der Waals surface area contributed by atoms with Crippen molar-refractivity contribution in [2.45, 2.75) is 70.0 Å². The molecular weight excluding hydrogens is 755 g/mol. The summed E-state index contributed by atoms with van der Waals surface area (Å²) in [6.45, 7) is 0.460. The number of hydrogen-bond acceptors (Lipinski definition) is 8. The number of carbonyl (C=O) groups is 5. The van der Waals surface area contributed by atoms with Gasteiger partial charge < -0.3 is 25.0 Å². The number of methoxy groups -OCH3 is 1. The van der Waals surface area contributed by atoms with Crippen molar-refractivity contribution in [1.82, 2.24) is 20.5 Å². The van der Waals surface area contributed by atoms with Gasteiger partial charge in [-0.25, -0.2) is 0 Å². The fourth-order valence-corrected chi connectivity index (χ4v) is 6.27. The number of Topliss-reactive ketones (excluding diaryl/α,β-unsaturated/α-hetero) is 2. The molecule has 0 bridgehead atoms. The number of nitrogens with zero attached hydrogens (tertiary/aromatic N) is 2. The molecule has 296 valence electrons. The SMILES string of the molecule is COc1ccc(CO[C@@H]2C[C@@H](C(=O)C[C@H](C(=O)C(F)(F)C(=O)NCC(F)(F)F)C(C)C)N(C(=O)[C@H](Cc3cccc(Cl)c3)NC(=O)c3ccccn3)C2)cc1. The number of amides is 3. The van der Waals surface area contributed by atoms with Gasteiger partial charge in [0.2, 0.25) is 11.7 Å². The number of benzene rings is 2. The molecule has 55 heavy (non-hydrogen) atoms. The summed E-state index contributed by atoms with van der Waals surface area (Å²) < 4.78 is 79.2. The number of rotatable bonds is 17. The van der Waals surface area contributed by atoms with Crippen LogP contribution in [0.15, 0.2) is 72.9 Å². The highest BCUT2D eigenvalue weighted by atomic mass is 35.5. The number of halogens is 6. The van der Waals surface area contributed by atoms with Gasteiger partial charge in [-0.2, -0.15) is 22.0 Å². The summed E-state index contributed by atoms with van der Waals surface area (Å²) >= 11 is 6.19. The molecule has 0 radical (unpaired) electrons. The Balaban J connectivity index is 1.63. The normalized spacial score (nSPS) is 17.0. The molecule has 17 heteroatoms. The summed E-state index contributed by atoms with van der Waals surface area (Å²) in [6, 6.07) is 15.4. The third-order valence-corrected chi connectivity index (χ3v) is 9.23. The Kier molecular flexibility index (Phi) is 14.5. The van der Waals surface area contributed by atoms with Gasteiger partial charge in [-0.05, 0) is 53.4 Å². The molecule has 4 atom stereocenters.